The van der Waals surface area contributed by atoms with Gasteiger partial charge in [0.25, 0.3) is 0 Å². The number of carbonyl (C=O) groups excluding carboxylic acids is 2. The SMILES string of the molecule is Cc1nc(NC(=O)N2CCC[C@H]2C(N)=O)sc1-c1cc(C(C)(C)C(F)(F)F)oc(=O)c1. The van der Waals surface area contributed by atoms with Crippen LogP contribution in [0.4, 0.5) is 23.1 Å². The van der Waals surface area contributed by atoms with Gasteiger partial charge < -0.3 is 15.1 Å². The van der Waals surface area contributed by atoms with Gasteiger partial charge in [-0.05, 0) is 39.7 Å². The predicted octanol–water partition coefficient (Wildman–Crippen LogP) is 3.39. The lowest BCUT2D eigenvalue weighted by atomic mass is 9.88. The van der Waals surface area contributed by atoms with Gasteiger partial charge in [0.1, 0.15) is 17.2 Å². The number of alkyl halides is 3. The van der Waals surface area contributed by atoms with Crippen LogP contribution in [0.3, 0.4) is 0 Å². The van der Waals surface area contributed by atoms with Crippen molar-refractivity contribution in [2.75, 3.05) is 11.9 Å². The van der Waals surface area contributed by atoms with E-state index in [9.17, 15) is 27.6 Å². The van der Waals surface area contributed by atoms with Crippen LogP contribution in [0.2, 0.25) is 0 Å². The van der Waals surface area contributed by atoms with E-state index in [2.05, 4.69) is 10.3 Å². The summed E-state index contributed by atoms with van der Waals surface area (Å²) in [6, 6.07) is 0.982. The summed E-state index contributed by atoms with van der Waals surface area (Å²) >= 11 is 0.997. The molecule has 3 heterocycles. The number of carbonyl (C=O) groups is 2. The van der Waals surface area contributed by atoms with E-state index in [1.54, 1.807) is 6.92 Å². The number of anilines is 1. The summed E-state index contributed by atoms with van der Waals surface area (Å²) in [5.74, 6) is -1.12. The third kappa shape index (κ3) is 4.43. The highest BCUT2D eigenvalue weighted by atomic mass is 32.1. The van der Waals surface area contributed by atoms with Crippen molar-refractivity contribution in [3.05, 3.63) is 34.0 Å². The number of nitrogens with one attached hydrogen (secondary N) is 1. The highest BCUT2D eigenvalue weighted by molar-refractivity contribution is 7.19. The fraction of sp³-hybridized carbons (Fsp3) is 0.474. The van der Waals surface area contributed by atoms with Gasteiger partial charge >= 0.3 is 17.8 Å². The number of aryl methyl sites for hydroxylation is 1. The third-order valence-electron chi connectivity index (χ3n) is 5.21. The van der Waals surface area contributed by atoms with E-state index in [0.717, 1.165) is 37.3 Å². The van der Waals surface area contributed by atoms with Gasteiger partial charge in [0.15, 0.2) is 5.13 Å². The topological polar surface area (TPSA) is 119 Å². The van der Waals surface area contributed by atoms with Crippen molar-refractivity contribution in [1.82, 2.24) is 9.88 Å². The number of hydrogen-bond acceptors (Lipinski definition) is 6. The van der Waals surface area contributed by atoms with Crippen LogP contribution >= 0.6 is 11.3 Å². The number of amides is 3. The molecule has 1 aliphatic rings. The molecule has 2 aromatic rings. The molecule has 8 nitrogen and oxygen atoms in total. The number of nitrogens with zero attached hydrogens (tertiary/aromatic N) is 2. The number of hydrogen-bond donors (Lipinski definition) is 2. The van der Waals surface area contributed by atoms with Crippen LogP contribution in [0.1, 0.15) is 38.1 Å². The molecule has 0 bridgehead atoms. The minimum Gasteiger partial charge on any atom is -0.427 e. The van der Waals surface area contributed by atoms with Crippen molar-refractivity contribution in [3.63, 3.8) is 0 Å². The van der Waals surface area contributed by atoms with Crippen molar-refractivity contribution < 1.29 is 27.2 Å². The van der Waals surface area contributed by atoms with Crippen LogP contribution in [0.5, 0.6) is 0 Å². The summed E-state index contributed by atoms with van der Waals surface area (Å²) in [7, 11) is 0. The summed E-state index contributed by atoms with van der Waals surface area (Å²) in [5.41, 5.74) is 2.64. The number of halogens is 3. The van der Waals surface area contributed by atoms with Gasteiger partial charge in [-0.25, -0.2) is 14.6 Å². The lowest BCUT2D eigenvalue weighted by Crippen LogP contribution is -2.45. The monoisotopic (exact) mass is 458 g/mol. The molecule has 1 fully saturated rings. The molecule has 1 aliphatic heterocycles. The third-order valence-corrected chi connectivity index (χ3v) is 6.33. The molecular weight excluding hydrogens is 437 g/mol. The number of primary amides is 1. The minimum atomic E-state index is -4.63. The molecule has 1 atom stereocenters. The summed E-state index contributed by atoms with van der Waals surface area (Å²) < 4.78 is 45.0. The van der Waals surface area contributed by atoms with Gasteiger partial charge in [0, 0.05) is 18.2 Å². The average molecular weight is 458 g/mol. The van der Waals surface area contributed by atoms with Crippen molar-refractivity contribution >= 4 is 28.4 Å². The van der Waals surface area contributed by atoms with E-state index >= 15 is 0 Å². The summed E-state index contributed by atoms with van der Waals surface area (Å²) in [6.45, 7) is 3.82. The summed E-state index contributed by atoms with van der Waals surface area (Å²) in [6.07, 6.45) is -3.51. The Hall–Kier alpha value is -2.89. The smallest absolute Gasteiger partial charge is 0.400 e. The molecule has 0 aliphatic carbocycles. The van der Waals surface area contributed by atoms with Gasteiger partial charge in [0.2, 0.25) is 5.91 Å². The van der Waals surface area contributed by atoms with E-state index in [-0.39, 0.29) is 10.7 Å². The quantitative estimate of drug-likeness (QED) is 0.728. The van der Waals surface area contributed by atoms with Crippen molar-refractivity contribution in [3.8, 4) is 10.4 Å². The minimum absolute atomic E-state index is 0.178. The molecule has 31 heavy (non-hydrogen) atoms. The van der Waals surface area contributed by atoms with Crippen LogP contribution < -0.4 is 16.7 Å². The van der Waals surface area contributed by atoms with Crippen LogP contribution in [-0.2, 0) is 10.2 Å². The number of nitrogens with two attached hydrogens (primary N) is 1. The molecule has 3 amide bonds. The molecule has 0 radical (unpaired) electrons. The van der Waals surface area contributed by atoms with Crippen molar-refractivity contribution in [2.45, 2.75) is 51.2 Å². The number of aromatic nitrogens is 1. The molecule has 168 valence electrons. The normalized spacial score (nSPS) is 17.1. The van der Waals surface area contributed by atoms with Crippen LogP contribution in [0, 0.1) is 6.92 Å². The van der Waals surface area contributed by atoms with E-state index < -0.39 is 41.0 Å². The first-order valence-corrected chi connectivity index (χ1v) is 10.2. The second kappa shape index (κ2) is 7.98. The van der Waals surface area contributed by atoms with Crippen LogP contribution in [-0.4, -0.2) is 40.6 Å². The standard InChI is InChI=1S/C19H21F3N4O4S/c1-9-14(10-7-12(30-13(27)8-10)18(2,3)19(20,21)22)31-16(24-9)25-17(29)26-6-4-5-11(26)15(23)28/h7-8,11H,4-6H2,1-3H3,(H2,23,28)(H,24,25,29)/t11-/m0/s1. The predicted molar refractivity (Wildman–Crippen MR) is 108 cm³/mol. The van der Waals surface area contributed by atoms with E-state index in [1.165, 1.54) is 4.90 Å². The molecule has 0 spiro atoms. The van der Waals surface area contributed by atoms with Gasteiger partial charge in [-0.3, -0.25) is 10.1 Å². The maximum atomic E-state index is 13.4. The van der Waals surface area contributed by atoms with Crippen molar-refractivity contribution in [1.29, 1.82) is 0 Å². The summed E-state index contributed by atoms with van der Waals surface area (Å²) in [5, 5.41) is 2.77. The zero-order chi connectivity index (χ0) is 23.1. The Labute approximate surface area is 179 Å². The lowest BCUT2D eigenvalue weighted by molar-refractivity contribution is -0.185. The Morgan fingerprint density at radius 3 is 2.61 bits per heavy atom. The van der Waals surface area contributed by atoms with Crippen LogP contribution in [0.25, 0.3) is 10.4 Å². The average Bonchev–Trinajstić information content (AvgIpc) is 3.27. The second-order valence-corrected chi connectivity index (χ2v) is 8.77. The fourth-order valence-electron chi connectivity index (χ4n) is 3.24. The first kappa shape index (κ1) is 22.8. The van der Waals surface area contributed by atoms with E-state index in [0.29, 0.717) is 30.0 Å². The molecule has 0 aromatic carbocycles. The Morgan fingerprint density at radius 2 is 2.00 bits per heavy atom. The Kier molecular flexibility index (Phi) is 5.87. The highest BCUT2D eigenvalue weighted by Gasteiger charge is 2.50. The first-order chi connectivity index (χ1) is 14.3. The Bertz CT molecular complexity index is 1080. The molecule has 12 heteroatoms. The Morgan fingerprint density at radius 1 is 1.32 bits per heavy atom. The first-order valence-electron chi connectivity index (χ1n) is 9.38. The molecule has 3 N–H and O–H groups in total. The molecule has 3 rings (SSSR count). The lowest BCUT2D eigenvalue weighted by Gasteiger charge is -2.26. The highest BCUT2D eigenvalue weighted by Crippen LogP contribution is 2.42. The molecular formula is C19H21F3N4O4S. The Balaban J connectivity index is 1.90. The maximum Gasteiger partial charge on any atom is 0.400 e. The van der Waals surface area contributed by atoms with E-state index in [4.69, 9.17) is 10.2 Å². The maximum absolute atomic E-state index is 13.4. The largest absolute Gasteiger partial charge is 0.427 e. The van der Waals surface area contributed by atoms with Gasteiger partial charge in [-0.2, -0.15) is 13.2 Å². The number of thiazole rings is 1. The summed E-state index contributed by atoms with van der Waals surface area (Å²) in [4.78, 5) is 41.9. The number of likely N-dealkylation sites (tertiary alicyclic amines) is 1. The van der Waals surface area contributed by atoms with Gasteiger partial charge in [0.05, 0.1) is 10.6 Å². The second-order valence-electron chi connectivity index (χ2n) is 7.77. The van der Waals surface area contributed by atoms with Gasteiger partial charge in [-0.1, -0.05) is 11.3 Å². The fourth-order valence-corrected chi connectivity index (χ4v) is 4.19. The molecule has 1 saturated heterocycles. The molecule has 0 saturated carbocycles. The zero-order valence-corrected chi connectivity index (χ0v) is 17.8. The number of rotatable bonds is 4. The van der Waals surface area contributed by atoms with Gasteiger partial charge in [-0.15, -0.1) is 0 Å². The van der Waals surface area contributed by atoms with Crippen LogP contribution in [0.15, 0.2) is 21.3 Å². The van der Waals surface area contributed by atoms with Crippen molar-refractivity contribution in [2.24, 2.45) is 5.73 Å². The van der Waals surface area contributed by atoms with E-state index in [1.807, 2.05) is 0 Å². The zero-order valence-electron chi connectivity index (χ0n) is 17.0. The molecule has 0 unspecified atom stereocenters. The number of urea groups is 1. The molecule has 2 aromatic heterocycles.